The van der Waals surface area contributed by atoms with E-state index in [4.69, 9.17) is 0 Å². The standard InChI is InChI=1S/C16H16BrFN2O/c17-12-6-7-15(18)14(8-12)16-11(10-21)9-20(19-16)13-4-2-1-3-5-13/h6-10,13H,1-5H2. The summed E-state index contributed by atoms with van der Waals surface area (Å²) in [7, 11) is 0. The molecule has 0 atom stereocenters. The van der Waals surface area contributed by atoms with Crippen LogP contribution in [0.25, 0.3) is 11.3 Å². The highest BCUT2D eigenvalue weighted by molar-refractivity contribution is 9.10. The first-order chi connectivity index (χ1) is 10.2. The van der Waals surface area contributed by atoms with Crippen LogP contribution in [-0.2, 0) is 0 Å². The topological polar surface area (TPSA) is 34.9 Å². The molecule has 0 amide bonds. The average molecular weight is 351 g/mol. The van der Waals surface area contributed by atoms with Crippen molar-refractivity contribution in [3.8, 4) is 11.3 Å². The summed E-state index contributed by atoms with van der Waals surface area (Å²) in [6.07, 6.45) is 8.26. The van der Waals surface area contributed by atoms with E-state index < -0.39 is 0 Å². The van der Waals surface area contributed by atoms with E-state index in [1.165, 1.54) is 25.3 Å². The third kappa shape index (κ3) is 2.93. The fraction of sp³-hybridized carbons (Fsp3) is 0.375. The lowest BCUT2D eigenvalue weighted by Gasteiger charge is -2.21. The molecule has 1 aromatic carbocycles. The molecule has 1 heterocycles. The van der Waals surface area contributed by atoms with Crippen LogP contribution in [0.2, 0.25) is 0 Å². The Hall–Kier alpha value is -1.49. The van der Waals surface area contributed by atoms with Gasteiger partial charge in [-0.1, -0.05) is 35.2 Å². The molecule has 110 valence electrons. The summed E-state index contributed by atoms with van der Waals surface area (Å²) in [5.41, 5.74) is 1.23. The molecule has 21 heavy (non-hydrogen) atoms. The smallest absolute Gasteiger partial charge is 0.153 e. The van der Waals surface area contributed by atoms with E-state index >= 15 is 0 Å². The third-order valence-electron chi connectivity index (χ3n) is 4.02. The number of hydrogen-bond donors (Lipinski definition) is 0. The summed E-state index contributed by atoms with van der Waals surface area (Å²) < 4.78 is 16.6. The van der Waals surface area contributed by atoms with E-state index in [1.54, 1.807) is 18.3 Å². The lowest BCUT2D eigenvalue weighted by atomic mass is 9.96. The number of halogens is 2. The number of benzene rings is 1. The minimum Gasteiger partial charge on any atom is -0.298 e. The third-order valence-corrected chi connectivity index (χ3v) is 4.51. The molecule has 0 radical (unpaired) electrons. The molecule has 0 saturated heterocycles. The van der Waals surface area contributed by atoms with Gasteiger partial charge in [-0.15, -0.1) is 0 Å². The average Bonchev–Trinajstić information content (AvgIpc) is 2.94. The van der Waals surface area contributed by atoms with Crippen molar-refractivity contribution < 1.29 is 9.18 Å². The number of carbonyl (C=O) groups excluding carboxylic acids is 1. The molecule has 2 aromatic rings. The molecule has 1 aromatic heterocycles. The molecule has 0 N–H and O–H groups in total. The van der Waals surface area contributed by atoms with E-state index in [1.807, 2.05) is 4.68 Å². The van der Waals surface area contributed by atoms with Crippen LogP contribution >= 0.6 is 15.9 Å². The molecule has 1 aliphatic carbocycles. The van der Waals surface area contributed by atoms with E-state index in [2.05, 4.69) is 21.0 Å². The van der Waals surface area contributed by atoms with Crippen molar-refractivity contribution in [3.05, 3.63) is 40.2 Å². The van der Waals surface area contributed by atoms with Crippen LogP contribution < -0.4 is 0 Å². The highest BCUT2D eigenvalue weighted by atomic mass is 79.9. The van der Waals surface area contributed by atoms with Crippen molar-refractivity contribution in [2.24, 2.45) is 0 Å². The molecule has 3 nitrogen and oxygen atoms in total. The second-order valence-electron chi connectivity index (χ2n) is 5.45. The van der Waals surface area contributed by atoms with Crippen LogP contribution in [0.1, 0.15) is 48.5 Å². The number of carbonyl (C=O) groups is 1. The van der Waals surface area contributed by atoms with Gasteiger partial charge in [0.05, 0.1) is 11.6 Å². The van der Waals surface area contributed by atoms with Gasteiger partial charge >= 0.3 is 0 Å². The number of nitrogens with zero attached hydrogens (tertiary/aromatic N) is 2. The Kier molecular flexibility index (Phi) is 4.19. The number of rotatable bonds is 3. The normalized spacial score (nSPS) is 16.1. The Morgan fingerprint density at radius 3 is 2.76 bits per heavy atom. The molecular weight excluding hydrogens is 335 g/mol. The number of aldehydes is 1. The first-order valence-corrected chi connectivity index (χ1v) is 7.98. The van der Waals surface area contributed by atoms with Crippen LogP contribution in [0.4, 0.5) is 4.39 Å². The highest BCUT2D eigenvalue weighted by Crippen LogP contribution is 2.32. The Morgan fingerprint density at radius 2 is 2.05 bits per heavy atom. The zero-order chi connectivity index (χ0) is 14.8. The maximum Gasteiger partial charge on any atom is 0.153 e. The molecule has 1 fully saturated rings. The van der Waals surface area contributed by atoms with E-state index in [0.717, 1.165) is 23.6 Å². The predicted molar refractivity (Wildman–Crippen MR) is 82.8 cm³/mol. The van der Waals surface area contributed by atoms with Crippen molar-refractivity contribution in [1.29, 1.82) is 0 Å². The summed E-state index contributed by atoms with van der Waals surface area (Å²) in [5.74, 6) is -0.366. The van der Waals surface area contributed by atoms with Crippen LogP contribution in [0.5, 0.6) is 0 Å². The monoisotopic (exact) mass is 350 g/mol. The first kappa shape index (κ1) is 14.4. The summed E-state index contributed by atoms with van der Waals surface area (Å²) in [6, 6.07) is 5.00. The summed E-state index contributed by atoms with van der Waals surface area (Å²) in [5, 5.41) is 4.50. The Labute approximate surface area is 131 Å². The zero-order valence-electron chi connectivity index (χ0n) is 11.6. The SMILES string of the molecule is O=Cc1cn(C2CCCCC2)nc1-c1cc(Br)ccc1F. The second-order valence-corrected chi connectivity index (χ2v) is 6.36. The molecular formula is C16H16BrFN2O. The van der Waals surface area contributed by atoms with Crippen molar-refractivity contribution >= 4 is 22.2 Å². The minimum atomic E-state index is -0.366. The largest absolute Gasteiger partial charge is 0.298 e. The maximum atomic E-state index is 14.0. The molecule has 0 aliphatic heterocycles. The quantitative estimate of drug-likeness (QED) is 0.747. The lowest BCUT2D eigenvalue weighted by molar-refractivity contribution is 0.112. The van der Waals surface area contributed by atoms with Gasteiger partial charge in [-0.3, -0.25) is 9.48 Å². The molecule has 1 saturated carbocycles. The second kappa shape index (κ2) is 6.10. The van der Waals surface area contributed by atoms with Gasteiger partial charge in [-0.2, -0.15) is 5.10 Å². The Morgan fingerprint density at radius 1 is 1.29 bits per heavy atom. The van der Waals surface area contributed by atoms with E-state index in [-0.39, 0.29) is 5.82 Å². The van der Waals surface area contributed by atoms with E-state index in [9.17, 15) is 9.18 Å². The van der Waals surface area contributed by atoms with Gasteiger partial charge in [-0.25, -0.2) is 4.39 Å². The molecule has 0 spiro atoms. The fourth-order valence-electron chi connectivity index (χ4n) is 2.91. The molecule has 3 rings (SSSR count). The van der Waals surface area contributed by atoms with Crippen molar-refractivity contribution in [2.45, 2.75) is 38.1 Å². The Bertz CT molecular complexity index is 662. The Balaban J connectivity index is 2.03. The predicted octanol–water partition coefficient (Wildman–Crippen LogP) is 4.77. The van der Waals surface area contributed by atoms with Gasteiger partial charge in [0.2, 0.25) is 0 Å². The molecule has 5 heteroatoms. The van der Waals surface area contributed by atoms with Gasteiger partial charge in [0.25, 0.3) is 0 Å². The van der Waals surface area contributed by atoms with Gasteiger partial charge < -0.3 is 0 Å². The maximum absolute atomic E-state index is 14.0. The van der Waals surface area contributed by atoms with Crippen molar-refractivity contribution in [1.82, 2.24) is 9.78 Å². The summed E-state index contributed by atoms with van der Waals surface area (Å²) in [6.45, 7) is 0. The van der Waals surface area contributed by atoms with Gasteiger partial charge in [0, 0.05) is 16.2 Å². The lowest BCUT2D eigenvalue weighted by Crippen LogP contribution is -2.13. The number of aromatic nitrogens is 2. The molecule has 0 bridgehead atoms. The van der Waals surface area contributed by atoms with Crippen molar-refractivity contribution in [2.75, 3.05) is 0 Å². The van der Waals surface area contributed by atoms with Gasteiger partial charge in [0.15, 0.2) is 6.29 Å². The van der Waals surface area contributed by atoms with Crippen LogP contribution in [0.15, 0.2) is 28.9 Å². The highest BCUT2D eigenvalue weighted by Gasteiger charge is 2.20. The van der Waals surface area contributed by atoms with Gasteiger partial charge in [0.1, 0.15) is 11.5 Å². The van der Waals surface area contributed by atoms with E-state index in [0.29, 0.717) is 22.9 Å². The zero-order valence-corrected chi connectivity index (χ0v) is 13.1. The van der Waals surface area contributed by atoms with Crippen LogP contribution in [-0.4, -0.2) is 16.1 Å². The van der Waals surface area contributed by atoms with Crippen LogP contribution in [0, 0.1) is 5.82 Å². The fourth-order valence-corrected chi connectivity index (χ4v) is 3.27. The molecule has 1 aliphatic rings. The molecule has 0 unspecified atom stereocenters. The first-order valence-electron chi connectivity index (χ1n) is 7.19. The summed E-state index contributed by atoms with van der Waals surface area (Å²) in [4.78, 5) is 11.3. The van der Waals surface area contributed by atoms with Crippen molar-refractivity contribution in [3.63, 3.8) is 0 Å². The summed E-state index contributed by atoms with van der Waals surface area (Å²) >= 11 is 3.33. The van der Waals surface area contributed by atoms with Gasteiger partial charge in [-0.05, 0) is 31.0 Å². The minimum absolute atomic E-state index is 0.321. The van der Waals surface area contributed by atoms with Crippen LogP contribution in [0.3, 0.4) is 0 Å². The number of hydrogen-bond acceptors (Lipinski definition) is 2.